The number of hydrogen-bond donors (Lipinski definition) is 6. The second-order valence-corrected chi connectivity index (χ2v) is 7.41. The molecule has 0 fully saturated rings. The SMILES string of the molecule is CCCCC(CC)COCC(CC)CCCC.OCC(O)CO.OCC(O)CO. The Morgan fingerprint density at radius 3 is 1.07 bits per heavy atom. The number of aliphatic hydroxyl groups excluding tert-OH is 6. The second kappa shape index (κ2) is 27.7. The van der Waals surface area contributed by atoms with Crippen LogP contribution in [0.5, 0.6) is 0 Å². The van der Waals surface area contributed by atoms with Crippen LogP contribution in [0.2, 0.25) is 0 Å². The quantitative estimate of drug-likeness (QED) is 0.223. The fraction of sp³-hybridized carbons (Fsp3) is 1.00. The molecule has 7 nitrogen and oxygen atoms in total. The lowest BCUT2D eigenvalue weighted by Gasteiger charge is -2.18. The van der Waals surface area contributed by atoms with Gasteiger partial charge in [0, 0.05) is 13.2 Å². The molecule has 2 unspecified atom stereocenters. The summed E-state index contributed by atoms with van der Waals surface area (Å²) in [6.07, 6.45) is 8.66. The van der Waals surface area contributed by atoms with Crippen LogP contribution in [0.4, 0.5) is 0 Å². The second-order valence-electron chi connectivity index (χ2n) is 7.41. The summed E-state index contributed by atoms with van der Waals surface area (Å²) in [5, 5.41) is 48.0. The highest BCUT2D eigenvalue weighted by Crippen LogP contribution is 2.16. The van der Waals surface area contributed by atoms with E-state index in [2.05, 4.69) is 27.7 Å². The van der Waals surface area contributed by atoms with Gasteiger partial charge in [-0.25, -0.2) is 0 Å². The molecular weight excluding hydrogens is 376 g/mol. The summed E-state index contributed by atoms with van der Waals surface area (Å²) in [6.45, 7) is 9.63. The Labute approximate surface area is 178 Å². The van der Waals surface area contributed by atoms with Crippen LogP contribution in [0.25, 0.3) is 0 Å². The van der Waals surface area contributed by atoms with E-state index in [9.17, 15) is 0 Å². The lowest BCUT2D eigenvalue weighted by Crippen LogP contribution is -2.15. The molecule has 7 heteroatoms. The molecule has 0 amide bonds. The lowest BCUT2D eigenvalue weighted by molar-refractivity contribution is 0.0450. The van der Waals surface area contributed by atoms with Gasteiger partial charge in [0.2, 0.25) is 0 Å². The van der Waals surface area contributed by atoms with Gasteiger partial charge in [0.25, 0.3) is 0 Å². The van der Waals surface area contributed by atoms with Crippen LogP contribution in [-0.4, -0.2) is 82.5 Å². The van der Waals surface area contributed by atoms with Gasteiger partial charge in [0.1, 0.15) is 12.2 Å². The highest BCUT2D eigenvalue weighted by molar-refractivity contribution is 4.59. The van der Waals surface area contributed by atoms with Crippen molar-refractivity contribution in [3.05, 3.63) is 0 Å². The highest BCUT2D eigenvalue weighted by Gasteiger charge is 2.09. The molecule has 180 valence electrons. The molecule has 6 N–H and O–H groups in total. The molecule has 0 saturated heterocycles. The Balaban J connectivity index is -0.000000460. The maximum atomic E-state index is 8.17. The average Bonchev–Trinajstić information content (AvgIpc) is 2.77. The van der Waals surface area contributed by atoms with Gasteiger partial charge < -0.3 is 35.4 Å². The van der Waals surface area contributed by atoms with Gasteiger partial charge in [-0.05, 0) is 24.7 Å². The maximum Gasteiger partial charge on any atom is 0.100 e. The van der Waals surface area contributed by atoms with E-state index in [1.54, 1.807) is 0 Å². The molecule has 0 heterocycles. The van der Waals surface area contributed by atoms with Crippen molar-refractivity contribution >= 4 is 0 Å². The standard InChI is InChI=1S/C16H34O.2C3H8O3/c1-5-9-11-15(7-3)13-17-14-16(8-4)12-10-6-2;2*4-1-3(6)2-5/h15-16H,5-14H2,1-4H3;2*3-6H,1-2H2. The van der Waals surface area contributed by atoms with Crippen molar-refractivity contribution in [1.29, 1.82) is 0 Å². The van der Waals surface area contributed by atoms with Crippen molar-refractivity contribution in [3.63, 3.8) is 0 Å². The van der Waals surface area contributed by atoms with E-state index in [1.807, 2.05) is 0 Å². The van der Waals surface area contributed by atoms with Gasteiger partial charge in [-0.1, -0.05) is 66.2 Å². The molecule has 0 radical (unpaired) electrons. The molecule has 0 spiro atoms. The largest absolute Gasteiger partial charge is 0.394 e. The van der Waals surface area contributed by atoms with Crippen LogP contribution in [-0.2, 0) is 4.74 Å². The Morgan fingerprint density at radius 2 is 0.897 bits per heavy atom. The molecular formula is C22H50O7. The van der Waals surface area contributed by atoms with Crippen LogP contribution in [0.1, 0.15) is 79.1 Å². The molecule has 0 bridgehead atoms. The normalized spacial score (nSPS) is 12.8. The van der Waals surface area contributed by atoms with Crippen molar-refractivity contribution in [2.24, 2.45) is 11.8 Å². The fourth-order valence-electron chi connectivity index (χ4n) is 2.31. The van der Waals surface area contributed by atoms with Gasteiger partial charge in [-0.3, -0.25) is 0 Å². The van der Waals surface area contributed by atoms with Crippen LogP contribution < -0.4 is 0 Å². The predicted molar refractivity (Wildman–Crippen MR) is 118 cm³/mol. The van der Waals surface area contributed by atoms with E-state index in [0.717, 1.165) is 25.0 Å². The van der Waals surface area contributed by atoms with Crippen molar-refractivity contribution in [1.82, 2.24) is 0 Å². The summed E-state index contributed by atoms with van der Waals surface area (Å²) >= 11 is 0. The van der Waals surface area contributed by atoms with Crippen LogP contribution in [0.15, 0.2) is 0 Å². The van der Waals surface area contributed by atoms with E-state index in [1.165, 1.54) is 51.4 Å². The minimum atomic E-state index is -0.954. The Kier molecular flexibility index (Phi) is 31.9. The minimum absolute atomic E-state index is 0.365. The molecule has 0 aromatic rings. The zero-order chi connectivity index (χ0) is 22.9. The fourth-order valence-corrected chi connectivity index (χ4v) is 2.31. The van der Waals surface area contributed by atoms with Crippen LogP contribution in [0, 0.1) is 11.8 Å². The van der Waals surface area contributed by atoms with E-state index < -0.39 is 12.2 Å². The molecule has 29 heavy (non-hydrogen) atoms. The molecule has 0 aliphatic heterocycles. The van der Waals surface area contributed by atoms with Crippen LogP contribution >= 0.6 is 0 Å². The third kappa shape index (κ3) is 27.7. The van der Waals surface area contributed by atoms with Gasteiger partial charge in [0.05, 0.1) is 26.4 Å². The Hall–Kier alpha value is -0.280. The predicted octanol–water partition coefficient (Wildman–Crippen LogP) is 2.10. The summed E-state index contributed by atoms with van der Waals surface area (Å²) in [7, 11) is 0. The minimum Gasteiger partial charge on any atom is -0.394 e. The first-order valence-electron chi connectivity index (χ1n) is 11.3. The third-order valence-electron chi connectivity index (χ3n) is 4.64. The maximum absolute atomic E-state index is 8.17. The van der Waals surface area contributed by atoms with Crippen LogP contribution in [0.3, 0.4) is 0 Å². The zero-order valence-electron chi connectivity index (χ0n) is 19.3. The summed E-state index contributed by atoms with van der Waals surface area (Å²) < 4.78 is 5.93. The topological polar surface area (TPSA) is 131 Å². The monoisotopic (exact) mass is 426 g/mol. The third-order valence-corrected chi connectivity index (χ3v) is 4.64. The molecule has 0 saturated carbocycles. The van der Waals surface area contributed by atoms with Crippen molar-refractivity contribution in [2.75, 3.05) is 39.6 Å². The zero-order valence-corrected chi connectivity index (χ0v) is 19.3. The summed E-state index contributed by atoms with van der Waals surface area (Å²) in [5.74, 6) is 1.58. The van der Waals surface area contributed by atoms with Gasteiger partial charge in [-0.2, -0.15) is 0 Å². The number of hydrogen-bond acceptors (Lipinski definition) is 7. The molecule has 0 aliphatic rings. The molecule has 0 rings (SSSR count). The number of rotatable bonds is 16. The summed E-state index contributed by atoms with van der Waals surface area (Å²) in [4.78, 5) is 0. The van der Waals surface area contributed by atoms with Crippen molar-refractivity contribution < 1.29 is 35.4 Å². The average molecular weight is 427 g/mol. The molecule has 2 atom stereocenters. The summed E-state index contributed by atoms with van der Waals surface area (Å²) in [6, 6.07) is 0. The number of unbranched alkanes of at least 4 members (excludes halogenated alkanes) is 2. The van der Waals surface area contributed by atoms with Gasteiger partial charge >= 0.3 is 0 Å². The highest BCUT2D eigenvalue weighted by atomic mass is 16.5. The smallest absolute Gasteiger partial charge is 0.100 e. The van der Waals surface area contributed by atoms with E-state index in [-0.39, 0.29) is 26.4 Å². The Bertz CT molecular complexity index is 246. The number of ether oxygens (including phenoxy) is 1. The molecule has 0 aliphatic carbocycles. The first kappa shape index (κ1) is 33.4. The first-order chi connectivity index (χ1) is 13.9. The summed E-state index contributed by atoms with van der Waals surface area (Å²) in [5.41, 5.74) is 0. The van der Waals surface area contributed by atoms with Crippen molar-refractivity contribution in [3.8, 4) is 0 Å². The molecule has 0 aromatic carbocycles. The van der Waals surface area contributed by atoms with Gasteiger partial charge in [-0.15, -0.1) is 0 Å². The van der Waals surface area contributed by atoms with E-state index in [4.69, 9.17) is 35.4 Å². The lowest BCUT2D eigenvalue weighted by atomic mass is 9.99. The Morgan fingerprint density at radius 1 is 0.586 bits per heavy atom. The number of aliphatic hydroxyl groups is 6. The van der Waals surface area contributed by atoms with E-state index in [0.29, 0.717) is 0 Å². The van der Waals surface area contributed by atoms with E-state index >= 15 is 0 Å². The molecule has 0 aromatic heterocycles. The first-order valence-corrected chi connectivity index (χ1v) is 11.3. The van der Waals surface area contributed by atoms with Crippen molar-refractivity contribution in [2.45, 2.75) is 91.3 Å². The van der Waals surface area contributed by atoms with Gasteiger partial charge in [0.15, 0.2) is 0 Å².